The summed E-state index contributed by atoms with van der Waals surface area (Å²) in [4.78, 5) is 6.89. The van der Waals surface area contributed by atoms with Crippen molar-refractivity contribution in [2.45, 2.75) is 58.0 Å². The van der Waals surface area contributed by atoms with E-state index in [1.165, 1.54) is 32.4 Å². The Hall–Kier alpha value is -1.13. The van der Waals surface area contributed by atoms with Gasteiger partial charge in [-0.2, -0.15) is 0 Å². The van der Waals surface area contributed by atoms with Crippen LogP contribution in [-0.4, -0.2) is 35.1 Å². The van der Waals surface area contributed by atoms with E-state index in [9.17, 15) is 0 Å². The minimum atomic E-state index is 0.0345. The number of aromatic nitrogens is 1. The van der Waals surface area contributed by atoms with E-state index < -0.39 is 0 Å². The van der Waals surface area contributed by atoms with Gasteiger partial charge in [-0.15, -0.1) is 0 Å². The van der Waals surface area contributed by atoms with Gasteiger partial charge < -0.3 is 11.1 Å². The Morgan fingerprint density at radius 1 is 1.33 bits per heavy atom. The minimum Gasteiger partial charge on any atom is -0.383 e. The van der Waals surface area contributed by atoms with Crippen molar-refractivity contribution in [1.82, 2.24) is 15.2 Å². The quantitative estimate of drug-likeness (QED) is 0.846. The summed E-state index contributed by atoms with van der Waals surface area (Å²) >= 11 is 0. The molecule has 0 aliphatic carbocycles. The number of nitrogens with zero attached hydrogens (tertiary/aromatic N) is 2. The van der Waals surface area contributed by atoms with Gasteiger partial charge >= 0.3 is 0 Å². The second kappa shape index (κ2) is 7.23. The lowest BCUT2D eigenvalue weighted by Crippen LogP contribution is -2.54. The van der Waals surface area contributed by atoms with E-state index in [-0.39, 0.29) is 11.6 Å². The van der Waals surface area contributed by atoms with Crippen molar-refractivity contribution in [2.24, 2.45) is 0 Å². The molecule has 2 heterocycles. The van der Waals surface area contributed by atoms with Gasteiger partial charge in [-0.25, -0.2) is 4.98 Å². The standard InChI is InChI=1S/C17H30N4/c1-4-10-19-15(14-9-8-11-20-16(14)18)17(2,3)21-12-6-5-7-13-21/h8-9,11,15,19H,4-7,10,12-13H2,1-3H3,(H2,18,20). The Labute approximate surface area is 129 Å². The highest BCUT2D eigenvalue weighted by molar-refractivity contribution is 5.42. The summed E-state index contributed by atoms with van der Waals surface area (Å²) in [6.45, 7) is 10.2. The van der Waals surface area contributed by atoms with Gasteiger partial charge in [0.2, 0.25) is 0 Å². The van der Waals surface area contributed by atoms with E-state index in [1.807, 2.05) is 6.07 Å². The Kier molecular flexibility index (Phi) is 5.59. The smallest absolute Gasteiger partial charge is 0.128 e. The highest BCUT2D eigenvalue weighted by atomic mass is 15.2. The summed E-state index contributed by atoms with van der Waals surface area (Å²) in [6, 6.07) is 4.31. The van der Waals surface area contributed by atoms with E-state index in [2.05, 4.69) is 42.0 Å². The van der Waals surface area contributed by atoms with Crippen molar-refractivity contribution < 1.29 is 0 Å². The third-order valence-electron chi connectivity index (χ3n) is 4.66. The first kappa shape index (κ1) is 16.2. The zero-order valence-electron chi connectivity index (χ0n) is 13.7. The fourth-order valence-electron chi connectivity index (χ4n) is 3.36. The Morgan fingerprint density at radius 3 is 2.67 bits per heavy atom. The van der Waals surface area contributed by atoms with Gasteiger partial charge in [-0.1, -0.05) is 19.4 Å². The van der Waals surface area contributed by atoms with Gasteiger partial charge in [-0.3, -0.25) is 4.90 Å². The number of nitrogens with one attached hydrogen (secondary N) is 1. The maximum Gasteiger partial charge on any atom is 0.128 e. The topological polar surface area (TPSA) is 54.2 Å². The Bertz CT molecular complexity index is 438. The van der Waals surface area contributed by atoms with Gasteiger partial charge in [0, 0.05) is 17.3 Å². The predicted octanol–water partition coefficient (Wildman–Crippen LogP) is 2.97. The maximum atomic E-state index is 6.15. The van der Waals surface area contributed by atoms with Gasteiger partial charge in [0.1, 0.15) is 5.82 Å². The lowest BCUT2D eigenvalue weighted by atomic mass is 9.85. The molecule has 1 aliphatic heterocycles. The van der Waals surface area contributed by atoms with Gasteiger partial charge in [0.25, 0.3) is 0 Å². The predicted molar refractivity (Wildman–Crippen MR) is 89.2 cm³/mol. The molecule has 118 valence electrons. The highest BCUT2D eigenvalue weighted by Crippen LogP contribution is 2.34. The van der Waals surface area contributed by atoms with Crippen LogP contribution in [0.25, 0.3) is 0 Å². The van der Waals surface area contributed by atoms with Crippen molar-refractivity contribution in [3.8, 4) is 0 Å². The van der Waals surface area contributed by atoms with Crippen molar-refractivity contribution in [1.29, 1.82) is 0 Å². The summed E-state index contributed by atoms with van der Waals surface area (Å²) in [6.07, 6.45) is 6.84. The van der Waals surface area contributed by atoms with Gasteiger partial charge in [0.05, 0.1) is 6.04 Å². The molecule has 0 spiro atoms. The third-order valence-corrected chi connectivity index (χ3v) is 4.66. The molecule has 0 radical (unpaired) electrons. The van der Waals surface area contributed by atoms with Crippen molar-refractivity contribution in [2.75, 3.05) is 25.4 Å². The first-order valence-electron chi connectivity index (χ1n) is 8.26. The number of likely N-dealkylation sites (tertiary alicyclic amines) is 1. The fraction of sp³-hybridized carbons (Fsp3) is 0.706. The molecule has 1 saturated heterocycles. The average Bonchev–Trinajstić information content (AvgIpc) is 2.50. The molecule has 2 rings (SSSR count). The molecule has 1 aromatic rings. The second-order valence-electron chi connectivity index (χ2n) is 6.57. The zero-order valence-corrected chi connectivity index (χ0v) is 13.7. The normalized spacial score (nSPS) is 18.6. The van der Waals surface area contributed by atoms with Crippen molar-refractivity contribution >= 4 is 5.82 Å². The van der Waals surface area contributed by atoms with Crippen LogP contribution in [0.15, 0.2) is 18.3 Å². The van der Waals surface area contributed by atoms with Crippen LogP contribution >= 0.6 is 0 Å². The number of rotatable bonds is 6. The molecule has 1 aromatic heterocycles. The molecule has 4 nitrogen and oxygen atoms in total. The third kappa shape index (κ3) is 3.74. The van der Waals surface area contributed by atoms with E-state index in [4.69, 9.17) is 5.73 Å². The van der Waals surface area contributed by atoms with Crippen LogP contribution in [0.4, 0.5) is 5.82 Å². The summed E-state index contributed by atoms with van der Waals surface area (Å²) in [5, 5.41) is 3.70. The minimum absolute atomic E-state index is 0.0345. The number of nitrogen functional groups attached to an aromatic ring is 1. The molecular weight excluding hydrogens is 260 g/mol. The number of hydrogen-bond acceptors (Lipinski definition) is 4. The second-order valence-corrected chi connectivity index (χ2v) is 6.57. The molecule has 0 amide bonds. The van der Waals surface area contributed by atoms with E-state index in [0.29, 0.717) is 5.82 Å². The lowest BCUT2D eigenvalue weighted by molar-refractivity contribution is 0.0609. The van der Waals surface area contributed by atoms with Gasteiger partial charge in [0.15, 0.2) is 0 Å². The number of pyridine rings is 1. The van der Waals surface area contributed by atoms with Crippen molar-refractivity contribution in [3.05, 3.63) is 23.9 Å². The number of anilines is 1. The van der Waals surface area contributed by atoms with Crippen LogP contribution in [0.3, 0.4) is 0 Å². The molecular formula is C17H30N4. The zero-order chi connectivity index (χ0) is 15.3. The van der Waals surface area contributed by atoms with Crippen LogP contribution in [-0.2, 0) is 0 Å². The largest absolute Gasteiger partial charge is 0.383 e. The molecule has 21 heavy (non-hydrogen) atoms. The maximum absolute atomic E-state index is 6.15. The van der Waals surface area contributed by atoms with Crippen LogP contribution in [0, 0.1) is 0 Å². The number of hydrogen-bond donors (Lipinski definition) is 2. The number of piperidine rings is 1. The molecule has 4 heteroatoms. The van der Waals surface area contributed by atoms with Crippen LogP contribution in [0.1, 0.15) is 58.1 Å². The molecule has 1 atom stereocenters. The fourth-order valence-corrected chi connectivity index (χ4v) is 3.36. The first-order chi connectivity index (χ1) is 10.1. The summed E-state index contributed by atoms with van der Waals surface area (Å²) in [7, 11) is 0. The van der Waals surface area contributed by atoms with Crippen molar-refractivity contribution in [3.63, 3.8) is 0 Å². The highest BCUT2D eigenvalue weighted by Gasteiger charge is 2.37. The summed E-state index contributed by atoms with van der Waals surface area (Å²) in [5.41, 5.74) is 7.31. The molecule has 1 aliphatic rings. The van der Waals surface area contributed by atoms with E-state index in [0.717, 1.165) is 18.5 Å². The van der Waals surface area contributed by atoms with Gasteiger partial charge in [-0.05, 0) is 58.8 Å². The lowest BCUT2D eigenvalue weighted by Gasteiger charge is -2.46. The van der Waals surface area contributed by atoms with Crippen LogP contribution < -0.4 is 11.1 Å². The van der Waals surface area contributed by atoms with Crippen LogP contribution in [0.2, 0.25) is 0 Å². The summed E-state index contributed by atoms with van der Waals surface area (Å²) in [5.74, 6) is 0.649. The monoisotopic (exact) mass is 290 g/mol. The van der Waals surface area contributed by atoms with E-state index >= 15 is 0 Å². The number of nitrogens with two attached hydrogens (primary N) is 1. The molecule has 0 saturated carbocycles. The van der Waals surface area contributed by atoms with Crippen LogP contribution in [0.5, 0.6) is 0 Å². The molecule has 0 aromatic carbocycles. The molecule has 1 fully saturated rings. The molecule has 1 unspecified atom stereocenters. The SMILES string of the molecule is CCCNC(c1cccnc1N)C(C)(C)N1CCCCC1. The molecule has 0 bridgehead atoms. The Balaban J connectivity index is 2.27. The van der Waals surface area contributed by atoms with E-state index in [1.54, 1.807) is 6.20 Å². The average molecular weight is 290 g/mol. The Morgan fingerprint density at radius 2 is 2.05 bits per heavy atom. The molecule has 3 N–H and O–H groups in total. The summed E-state index contributed by atoms with van der Waals surface area (Å²) < 4.78 is 0. The first-order valence-corrected chi connectivity index (χ1v) is 8.26.